The van der Waals surface area contributed by atoms with E-state index in [1.165, 1.54) is 35.2 Å². The minimum atomic E-state index is -4.18. The Morgan fingerprint density at radius 3 is 2.17 bits per heavy atom. The van der Waals surface area contributed by atoms with Gasteiger partial charge >= 0.3 is 0 Å². The standard InChI is InChI=1S/C30H35Cl2N3O4S/c1-5-28(30(37)33-18-21(2)3)34(19-23-12-10-9-11-22(23)4)29(36)20-35(24-15-16-26(31)27(32)17-24)40(38,39)25-13-7-6-8-14-25/h6-17,21,28H,5,18-20H2,1-4H3,(H,33,37). The lowest BCUT2D eigenvalue weighted by molar-refractivity contribution is -0.140. The molecule has 214 valence electrons. The second-order valence-electron chi connectivity index (χ2n) is 9.93. The molecule has 3 aromatic rings. The van der Waals surface area contributed by atoms with Crippen LogP contribution < -0.4 is 9.62 Å². The zero-order chi connectivity index (χ0) is 29.4. The maximum absolute atomic E-state index is 14.1. The maximum atomic E-state index is 14.1. The predicted molar refractivity (Wildman–Crippen MR) is 161 cm³/mol. The number of carbonyl (C=O) groups excluding carboxylic acids is 2. The lowest BCUT2D eigenvalue weighted by Gasteiger charge is -2.33. The third-order valence-electron chi connectivity index (χ3n) is 6.47. The molecule has 1 atom stereocenters. The summed E-state index contributed by atoms with van der Waals surface area (Å²) >= 11 is 12.4. The zero-order valence-electron chi connectivity index (χ0n) is 23.1. The highest BCUT2D eigenvalue weighted by atomic mass is 35.5. The van der Waals surface area contributed by atoms with E-state index < -0.39 is 28.5 Å². The quantitative estimate of drug-likeness (QED) is 0.272. The molecular formula is C30H35Cl2N3O4S. The van der Waals surface area contributed by atoms with Crippen molar-refractivity contribution in [1.82, 2.24) is 10.2 Å². The molecule has 3 aromatic carbocycles. The molecule has 2 amide bonds. The molecule has 0 spiro atoms. The molecule has 40 heavy (non-hydrogen) atoms. The van der Waals surface area contributed by atoms with Crippen LogP contribution in [0.15, 0.2) is 77.7 Å². The van der Waals surface area contributed by atoms with Gasteiger partial charge in [-0.15, -0.1) is 0 Å². The van der Waals surface area contributed by atoms with Crippen LogP contribution >= 0.6 is 23.2 Å². The number of hydrogen-bond donors (Lipinski definition) is 1. The first-order valence-electron chi connectivity index (χ1n) is 13.1. The number of nitrogens with zero attached hydrogens (tertiary/aromatic N) is 2. The van der Waals surface area contributed by atoms with Crippen LogP contribution in [0.4, 0.5) is 5.69 Å². The van der Waals surface area contributed by atoms with Gasteiger partial charge in [0.15, 0.2) is 0 Å². The van der Waals surface area contributed by atoms with Crippen LogP contribution in [0.3, 0.4) is 0 Å². The normalized spacial score (nSPS) is 12.2. The lowest BCUT2D eigenvalue weighted by Crippen LogP contribution is -2.52. The van der Waals surface area contributed by atoms with Crippen molar-refractivity contribution in [2.24, 2.45) is 5.92 Å². The summed E-state index contributed by atoms with van der Waals surface area (Å²) < 4.78 is 28.7. The van der Waals surface area contributed by atoms with Gasteiger partial charge in [-0.1, -0.05) is 86.4 Å². The van der Waals surface area contributed by atoms with Gasteiger partial charge in [0.25, 0.3) is 10.0 Å². The fourth-order valence-corrected chi connectivity index (χ4v) is 5.92. The number of halogens is 2. The van der Waals surface area contributed by atoms with E-state index in [0.29, 0.717) is 13.0 Å². The monoisotopic (exact) mass is 603 g/mol. The van der Waals surface area contributed by atoms with Gasteiger partial charge in [-0.2, -0.15) is 0 Å². The lowest BCUT2D eigenvalue weighted by atomic mass is 10.1. The SMILES string of the molecule is CCC(C(=O)NCC(C)C)N(Cc1ccccc1C)C(=O)CN(c1ccc(Cl)c(Cl)c1)S(=O)(=O)c1ccccc1. The Hall–Kier alpha value is -3.07. The number of benzene rings is 3. The Bertz CT molecular complexity index is 1430. The topological polar surface area (TPSA) is 86.8 Å². The molecule has 0 bridgehead atoms. The molecule has 0 fully saturated rings. The molecule has 0 aromatic heterocycles. The Morgan fingerprint density at radius 1 is 0.925 bits per heavy atom. The summed E-state index contributed by atoms with van der Waals surface area (Å²) in [6.07, 6.45) is 0.347. The highest BCUT2D eigenvalue weighted by molar-refractivity contribution is 7.92. The summed E-state index contributed by atoms with van der Waals surface area (Å²) in [4.78, 5) is 28.9. The number of carbonyl (C=O) groups is 2. The average Bonchev–Trinajstić information content (AvgIpc) is 2.93. The molecule has 10 heteroatoms. The van der Waals surface area contributed by atoms with Crippen LogP contribution in [0.1, 0.15) is 38.3 Å². The third kappa shape index (κ3) is 7.77. The van der Waals surface area contributed by atoms with E-state index in [1.54, 1.807) is 18.2 Å². The number of amides is 2. The molecular weight excluding hydrogens is 569 g/mol. The molecule has 1 unspecified atom stereocenters. The zero-order valence-corrected chi connectivity index (χ0v) is 25.4. The number of sulfonamides is 1. The molecule has 0 saturated carbocycles. The second-order valence-corrected chi connectivity index (χ2v) is 12.6. The van der Waals surface area contributed by atoms with Crippen molar-refractivity contribution in [3.63, 3.8) is 0 Å². The number of hydrogen-bond acceptors (Lipinski definition) is 4. The summed E-state index contributed by atoms with van der Waals surface area (Å²) in [6.45, 7) is 7.78. The molecule has 0 heterocycles. The minimum Gasteiger partial charge on any atom is -0.354 e. The largest absolute Gasteiger partial charge is 0.354 e. The second kappa shape index (κ2) is 14.0. The summed E-state index contributed by atoms with van der Waals surface area (Å²) in [5.74, 6) is -0.589. The fourth-order valence-electron chi connectivity index (χ4n) is 4.20. The summed E-state index contributed by atoms with van der Waals surface area (Å²) in [5, 5.41) is 3.33. The van der Waals surface area contributed by atoms with E-state index in [2.05, 4.69) is 5.32 Å². The number of aryl methyl sites for hydroxylation is 1. The highest BCUT2D eigenvalue weighted by Gasteiger charge is 2.34. The van der Waals surface area contributed by atoms with Gasteiger partial charge < -0.3 is 10.2 Å². The Kier molecular flexibility index (Phi) is 11.0. The van der Waals surface area contributed by atoms with E-state index in [9.17, 15) is 18.0 Å². The maximum Gasteiger partial charge on any atom is 0.264 e. The van der Waals surface area contributed by atoms with Crippen LogP contribution in [0.2, 0.25) is 10.0 Å². The fraction of sp³-hybridized carbons (Fsp3) is 0.333. The molecule has 0 radical (unpaired) electrons. The van der Waals surface area contributed by atoms with Gasteiger partial charge in [0, 0.05) is 13.1 Å². The van der Waals surface area contributed by atoms with E-state index in [4.69, 9.17) is 23.2 Å². The van der Waals surface area contributed by atoms with Crippen LogP contribution in [-0.2, 0) is 26.2 Å². The summed E-state index contributed by atoms with van der Waals surface area (Å²) in [7, 11) is -4.18. The molecule has 1 N–H and O–H groups in total. The molecule has 0 saturated heterocycles. The van der Waals surface area contributed by atoms with Crippen LogP contribution in [-0.4, -0.2) is 44.3 Å². The first kappa shape index (κ1) is 31.5. The summed E-state index contributed by atoms with van der Waals surface area (Å²) in [6, 6.07) is 19.0. The number of rotatable bonds is 12. The van der Waals surface area contributed by atoms with E-state index in [1.807, 2.05) is 52.0 Å². The van der Waals surface area contributed by atoms with Crippen LogP contribution in [0.5, 0.6) is 0 Å². The van der Waals surface area contributed by atoms with Crippen molar-refractivity contribution >= 4 is 50.7 Å². The molecule has 7 nitrogen and oxygen atoms in total. The van der Waals surface area contributed by atoms with E-state index >= 15 is 0 Å². The van der Waals surface area contributed by atoms with Gasteiger partial charge in [-0.25, -0.2) is 8.42 Å². The predicted octanol–water partition coefficient (Wildman–Crippen LogP) is 6.08. The molecule has 0 aliphatic heterocycles. The summed E-state index contributed by atoms with van der Waals surface area (Å²) in [5.41, 5.74) is 1.99. The molecule has 0 aliphatic rings. The van der Waals surface area contributed by atoms with Crippen molar-refractivity contribution in [2.75, 3.05) is 17.4 Å². The van der Waals surface area contributed by atoms with Gasteiger partial charge in [0.1, 0.15) is 12.6 Å². The third-order valence-corrected chi connectivity index (χ3v) is 9.00. The molecule has 0 aliphatic carbocycles. The van der Waals surface area contributed by atoms with E-state index in [0.717, 1.165) is 15.4 Å². The van der Waals surface area contributed by atoms with Crippen molar-refractivity contribution in [3.8, 4) is 0 Å². The Morgan fingerprint density at radius 2 is 1.57 bits per heavy atom. The highest BCUT2D eigenvalue weighted by Crippen LogP contribution is 2.31. The number of nitrogens with one attached hydrogen (secondary N) is 1. The van der Waals surface area contributed by atoms with Crippen LogP contribution in [0, 0.1) is 12.8 Å². The van der Waals surface area contributed by atoms with Crippen molar-refractivity contribution < 1.29 is 18.0 Å². The van der Waals surface area contributed by atoms with E-state index in [-0.39, 0.29) is 39.0 Å². The van der Waals surface area contributed by atoms with Crippen molar-refractivity contribution in [2.45, 2.75) is 51.6 Å². The Labute approximate surface area is 247 Å². The van der Waals surface area contributed by atoms with Gasteiger partial charge in [0.05, 0.1) is 20.6 Å². The minimum absolute atomic E-state index is 0.0149. The molecule has 3 rings (SSSR count). The Balaban J connectivity index is 2.07. The van der Waals surface area contributed by atoms with Gasteiger partial charge in [-0.3, -0.25) is 13.9 Å². The first-order valence-corrected chi connectivity index (χ1v) is 15.3. The smallest absolute Gasteiger partial charge is 0.264 e. The first-order chi connectivity index (χ1) is 18.9. The number of anilines is 1. The van der Waals surface area contributed by atoms with Crippen LogP contribution in [0.25, 0.3) is 0 Å². The van der Waals surface area contributed by atoms with Crippen molar-refractivity contribution in [3.05, 3.63) is 94.0 Å². The average molecular weight is 605 g/mol. The van der Waals surface area contributed by atoms with Gasteiger partial charge in [-0.05, 0) is 60.7 Å². The van der Waals surface area contributed by atoms with Crippen molar-refractivity contribution in [1.29, 1.82) is 0 Å². The van der Waals surface area contributed by atoms with Gasteiger partial charge in [0.2, 0.25) is 11.8 Å².